The van der Waals surface area contributed by atoms with Gasteiger partial charge in [-0.05, 0) is 43.5 Å². The van der Waals surface area contributed by atoms with Crippen molar-refractivity contribution in [2.45, 2.75) is 19.3 Å². The first-order chi connectivity index (χ1) is 9.58. The highest BCUT2D eigenvalue weighted by Gasteiger charge is 2.12. The molecular weight excluding hydrogens is 258 g/mol. The number of hydrogen-bond acceptors (Lipinski definition) is 4. The number of hydrogen-bond donors (Lipinski definition) is 2. The fourth-order valence-electron chi connectivity index (χ4n) is 2.26. The van der Waals surface area contributed by atoms with E-state index in [4.69, 9.17) is 5.11 Å². The molecule has 0 aromatic heterocycles. The van der Waals surface area contributed by atoms with Crippen molar-refractivity contribution in [3.63, 3.8) is 0 Å². The number of carboxylic acids is 1. The van der Waals surface area contributed by atoms with E-state index in [1.807, 2.05) is 12.1 Å². The molecular formula is C15H17NO4. The number of rotatable bonds is 4. The van der Waals surface area contributed by atoms with Crippen molar-refractivity contribution >= 4 is 23.2 Å². The molecule has 0 amide bonds. The molecule has 0 spiro atoms. The van der Waals surface area contributed by atoms with Gasteiger partial charge in [0.05, 0.1) is 0 Å². The Kier molecular flexibility index (Phi) is 4.40. The van der Waals surface area contributed by atoms with E-state index in [9.17, 15) is 14.7 Å². The van der Waals surface area contributed by atoms with Crippen molar-refractivity contribution in [2.75, 3.05) is 18.0 Å². The SMILES string of the molecule is O=C(O)C(=O)C=C(O)c1ccc(N2CCCCC2)cc1. The minimum atomic E-state index is -1.58. The van der Waals surface area contributed by atoms with Crippen molar-refractivity contribution in [2.24, 2.45) is 0 Å². The van der Waals surface area contributed by atoms with Crippen molar-refractivity contribution in [3.8, 4) is 0 Å². The van der Waals surface area contributed by atoms with E-state index in [1.54, 1.807) is 12.1 Å². The topological polar surface area (TPSA) is 77.8 Å². The first kappa shape index (κ1) is 14.1. The Balaban J connectivity index is 2.11. The number of carbonyl (C=O) groups is 2. The molecule has 20 heavy (non-hydrogen) atoms. The predicted octanol–water partition coefficient (Wildman–Crippen LogP) is 2.23. The van der Waals surface area contributed by atoms with Crippen LogP contribution in [0.1, 0.15) is 24.8 Å². The lowest BCUT2D eigenvalue weighted by Gasteiger charge is -2.28. The molecule has 1 aliphatic rings. The van der Waals surface area contributed by atoms with Gasteiger partial charge < -0.3 is 15.1 Å². The molecule has 2 N–H and O–H groups in total. The van der Waals surface area contributed by atoms with E-state index in [0.29, 0.717) is 5.56 Å². The summed E-state index contributed by atoms with van der Waals surface area (Å²) >= 11 is 0. The van der Waals surface area contributed by atoms with E-state index in [1.165, 1.54) is 19.3 Å². The van der Waals surface area contributed by atoms with Crippen LogP contribution in [0, 0.1) is 0 Å². The third kappa shape index (κ3) is 3.38. The summed E-state index contributed by atoms with van der Waals surface area (Å²) in [6.07, 6.45) is 4.34. The smallest absolute Gasteiger partial charge is 0.376 e. The largest absolute Gasteiger partial charge is 0.507 e. The third-order valence-electron chi connectivity index (χ3n) is 3.36. The van der Waals surface area contributed by atoms with Gasteiger partial charge in [-0.1, -0.05) is 0 Å². The monoisotopic (exact) mass is 275 g/mol. The third-order valence-corrected chi connectivity index (χ3v) is 3.36. The molecule has 1 aromatic carbocycles. The Labute approximate surface area is 117 Å². The molecule has 106 valence electrons. The molecule has 1 saturated heterocycles. The van der Waals surface area contributed by atoms with Crippen LogP contribution in [-0.4, -0.2) is 35.1 Å². The first-order valence-electron chi connectivity index (χ1n) is 6.61. The van der Waals surface area contributed by atoms with Crippen LogP contribution in [0.5, 0.6) is 0 Å². The van der Waals surface area contributed by atoms with Gasteiger partial charge in [-0.3, -0.25) is 4.79 Å². The average Bonchev–Trinajstić information content (AvgIpc) is 2.48. The molecule has 0 bridgehead atoms. The van der Waals surface area contributed by atoms with Crippen molar-refractivity contribution in [1.82, 2.24) is 0 Å². The van der Waals surface area contributed by atoms with Gasteiger partial charge in [-0.15, -0.1) is 0 Å². The Hall–Kier alpha value is -2.30. The summed E-state index contributed by atoms with van der Waals surface area (Å²) in [4.78, 5) is 23.7. The number of aliphatic carboxylic acids is 1. The van der Waals surface area contributed by atoms with Crippen LogP contribution in [0.25, 0.3) is 5.76 Å². The zero-order chi connectivity index (χ0) is 14.5. The number of benzene rings is 1. The fourth-order valence-corrected chi connectivity index (χ4v) is 2.26. The summed E-state index contributed by atoms with van der Waals surface area (Å²) in [5.74, 6) is -3.05. The van der Waals surface area contributed by atoms with Gasteiger partial charge in [0.15, 0.2) is 0 Å². The summed E-state index contributed by atoms with van der Waals surface area (Å²) in [7, 11) is 0. The Bertz CT molecular complexity index is 527. The average molecular weight is 275 g/mol. The molecule has 0 unspecified atom stereocenters. The molecule has 0 radical (unpaired) electrons. The van der Waals surface area contributed by atoms with Crippen LogP contribution >= 0.6 is 0 Å². The van der Waals surface area contributed by atoms with Crippen LogP contribution in [0.4, 0.5) is 5.69 Å². The van der Waals surface area contributed by atoms with Crippen molar-refractivity contribution in [3.05, 3.63) is 35.9 Å². The Morgan fingerprint density at radius 1 is 1.00 bits per heavy atom. The van der Waals surface area contributed by atoms with Gasteiger partial charge in [0.25, 0.3) is 5.78 Å². The maximum absolute atomic E-state index is 11.0. The lowest BCUT2D eigenvalue weighted by atomic mass is 10.1. The second-order valence-corrected chi connectivity index (χ2v) is 4.79. The normalized spacial score (nSPS) is 16.0. The number of carboxylic acid groups (broad SMARTS) is 1. The minimum absolute atomic E-state index is 0.331. The number of anilines is 1. The van der Waals surface area contributed by atoms with Crippen LogP contribution in [0.3, 0.4) is 0 Å². The summed E-state index contributed by atoms with van der Waals surface area (Å²) < 4.78 is 0. The van der Waals surface area contributed by atoms with Crippen molar-refractivity contribution in [1.29, 1.82) is 0 Å². The summed E-state index contributed by atoms with van der Waals surface area (Å²) in [6, 6.07) is 7.11. The summed E-state index contributed by atoms with van der Waals surface area (Å²) in [6.45, 7) is 2.05. The standard InChI is InChI=1S/C15H17NO4/c17-13(10-14(18)15(19)20)11-4-6-12(7-5-11)16-8-2-1-3-9-16/h4-7,10,17H,1-3,8-9H2,(H,19,20). The van der Waals surface area contributed by atoms with Gasteiger partial charge in [-0.2, -0.15) is 0 Å². The minimum Gasteiger partial charge on any atom is -0.507 e. The number of aliphatic hydroxyl groups excluding tert-OH is 1. The van der Waals surface area contributed by atoms with Gasteiger partial charge >= 0.3 is 5.97 Å². The molecule has 5 nitrogen and oxygen atoms in total. The van der Waals surface area contributed by atoms with Gasteiger partial charge in [0, 0.05) is 30.4 Å². The molecule has 2 rings (SSSR count). The first-order valence-corrected chi connectivity index (χ1v) is 6.61. The molecule has 0 saturated carbocycles. The zero-order valence-corrected chi connectivity index (χ0v) is 11.1. The van der Waals surface area contributed by atoms with E-state index in [2.05, 4.69) is 4.90 Å². The van der Waals surface area contributed by atoms with E-state index < -0.39 is 11.8 Å². The summed E-state index contributed by atoms with van der Waals surface area (Å²) in [5, 5.41) is 18.2. The number of ketones is 1. The number of piperidine rings is 1. The molecule has 0 atom stereocenters. The van der Waals surface area contributed by atoms with Crippen LogP contribution in [0.15, 0.2) is 30.3 Å². The van der Waals surface area contributed by atoms with Crippen LogP contribution < -0.4 is 4.90 Å². The summed E-state index contributed by atoms with van der Waals surface area (Å²) in [5.41, 5.74) is 1.51. The Morgan fingerprint density at radius 2 is 1.60 bits per heavy atom. The highest BCUT2D eigenvalue weighted by molar-refractivity contribution is 6.38. The highest BCUT2D eigenvalue weighted by Crippen LogP contribution is 2.22. The molecule has 1 aliphatic heterocycles. The van der Waals surface area contributed by atoms with Gasteiger partial charge in [0.2, 0.25) is 0 Å². The second kappa shape index (κ2) is 6.23. The lowest BCUT2D eigenvalue weighted by Crippen LogP contribution is -2.29. The number of carbonyl (C=O) groups excluding carboxylic acids is 1. The fraction of sp³-hybridized carbons (Fsp3) is 0.333. The molecule has 1 heterocycles. The zero-order valence-electron chi connectivity index (χ0n) is 11.1. The predicted molar refractivity (Wildman–Crippen MR) is 75.8 cm³/mol. The molecule has 5 heteroatoms. The van der Waals surface area contributed by atoms with Crippen molar-refractivity contribution < 1.29 is 19.8 Å². The molecule has 1 aromatic rings. The van der Waals surface area contributed by atoms with E-state index in [0.717, 1.165) is 24.9 Å². The maximum atomic E-state index is 11.0. The van der Waals surface area contributed by atoms with Gasteiger partial charge in [0.1, 0.15) is 5.76 Å². The number of nitrogens with zero attached hydrogens (tertiary/aromatic N) is 1. The second-order valence-electron chi connectivity index (χ2n) is 4.79. The molecule has 0 aliphatic carbocycles. The molecule has 1 fully saturated rings. The van der Waals surface area contributed by atoms with E-state index >= 15 is 0 Å². The van der Waals surface area contributed by atoms with Crippen LogP contribution in [0.2, 0.25) is 0 Å². The van der Waals surface area contributed by atoms with Gasteiger partial charge in [-0.25, -0.2) is 4.79 Å². The number of aliphatic hydroxyl groups is 1. The Morgan fingerprint density at radius 3 is 2.15 bits per heavy atom. The quantitative estimate of drug-likeness (QED) is 0.500. The maximum Gasteiger partial charge on any atom is 0.376 e. The van der Waals surface area contributed by atoms with Crippen LogP contribution in [-0.2, 0) is 9.59 Å². The lowest BCUT2D eigenvalue weighted by molar-refractivity contribution is -0.146. The highest BCUT2D eigenvalue weighted by atomic mass is 16.4. The van der Waals surface area contributed by atoms with E-state index in [-0.39, 0.29) is 5.76 Å².